The van der Waals surface area contributed by atoms with Gasteiger partial charge in [-0.3, -0.25) is 4.79 Å². The van der Waals surface area contributed by atoms with E-state index >= 15 is 0 Å². The minimum atomic E-state index is -1.33. The third-order valence-corrected chi connectivity index (χ3v) is 2.79. The summed E-state index contributed by atoms with van der Waals surface area (Å²) in [5.41, 5.74) is 5.69. The molecule has 0 radical (unpaired) electrons. The van der Waals surface area contributed by atoms with Crippen LogP contribution in [0.2, 0.25) is 10.0 Å². The van der Waals surface area contributed by atoms with Crippen molar-refractivity contribution in [2.24, 2.45) is 0 Å². The fourth-order valence-electron chi connectivity index (χ4n) is 1.35. The van der Waals surface area contributed by atoms with E-state index in [4.69, 9.17) is 28.9 Å². The average molecular weight is 291 g/mol. The molecule has 1 rings (SSSR count). The Hall–Kier alpha value is -0.970. The van der Waals surface area contributed by atoms with Crippen LogP contribution in [-0.4, -0.2) is 16.6 Å². The summed E-state index contributed by atoms with van der Waals surface area (Å²) >= 11 is 11.7. The van der Waals surface area contributed by atoms with Gasteiger partial charge in [-0.15, -0.1) is 0 Å². The van der Waals surface area contributed by atoms with E-state index in [0.717, 1.165) is 0 Å². The molecule has 0 aliphatic carbocycles. The number of anilines is 1. The number of benzene rings is 1. The highest BCUT2D eigenvalue weighted by atomic mass is 35.5. The number of nitrogens with two attached hydrogens (primary N) is 1. The molecule has 1 aromatic rings. The average Bonchev–Trinajstić information content (AvgIpc) is 2.21. The summed E-state index contributed by atoms with van der Waals surface area (Å²) in [6.45, 7) is 5.46. The van der Waals surface area contributed by atoms with Crippen LogP contribution in [0.15, 0.2) is 12.1 Å². The van der Waals surface area contributed by atoms with Crippen LogP contribution < -0.4 is 11.1 Å². The van der Waals surface area contributed by atoms with Gasteiger partial charge in [-0.25, -0.2) is 0 Å². The molecule has 0 fully saturated rings. The topological polar surface area (TPSA) is 75.3 Å². The zero-order valence-electron chi connectivity index (χ0n) is 10.4. The normalized spacial score (nSPS) is 13.2. The van der Waals surface area contributed by atoms with Gasteiger partial charge in [0.2, 0.25) is 0 Å². The lowest BCUT2D eigenvalue weighted by Crippen LogP contribution is -2.43. The third kappa shape index (κ3) is 3.77. The minimum Gasteiger partial charge on any atom is -0.396 e. The first-order valence-corrected chi connectivity index (χ1v) is 6.12. The Kier molecular flexibility index (Phi) is 4.48. The Bertz CT molecular complexity index is 447. The van der Waals surface area contributed by atoms with E-state index in [1.807, 2.05) is 20.8 Å². The first kappa shape index (κ1) is 15.1. The zero-order valence-corrected chi connectivity index (χ0v) is 11.9. The van der Waals surface area contributed by atoms with Crippen molar-refractivity contribution in [1.82, 2.24) is 5.32 Å². The van der Waals surface area contributed by atoms with E-state index < -0.39 is 17.6 Å². The molecule has 1 atom stereocenters. The molecule has 0 heterocycles. The standard InChI is InChI=1S/C12H16Cl2N2O2/c1-12(2,3)16-11(18)10(17)6-4-7(13)9(15)8(14)5-6/h4-5,10,17H,15H2,1-3H3,(H,16,18). The molecule has 1 unspecified atom stereocenters. The third-order valence-electron chi connectivity index (χ3n) is 2.16. The first-order chi connectivity index (χ1) is 8.11. The molecule has 18 heavy (non-hydrogen) atoms. The Balaban J connectivity index is 2.97. The molecule has 1 aromatic carbocycles. The Morgan fingerprint density at radius 3 is 2.17 bits per heavy atom. The Morgan fingerprint density at radius 1 is 1.33 bits per heavy atom. The number of hydrogen-bond acceptors (Lipinski definition) is 3. The van der Waals surface area contributed by atoms with Gasteiger partial charge in [-0.1, -0.05) is 23.2 Å². The van der Waals surface area contributed by atoms with Crippen molar-refractivity contribution in [3.05, 3.63) is 27.7 Å². The maximum absolute atomic E-state index is 11.8. The molecule has 1 amide bonds. The molecule has 0 aromatic heterocycles. The van der Waals surface area contributed by atoms with Crippen LogP contribution in [0.5, 0.6) is 0 Å². The van der Waals surface area contributed by atoms with E-state index in [9.17, 15) is 9.90 Å². The summed E-state index contributed by atoms with van der Waals surface area (Å²) in [5.74, 6) is -0.514. The van der Waals surface area contributed by atoms with Crippen molar-refractivity contribution in [2.75, 3.05) is 5.73 Å². The van der Waals surface area contributed by atoms with Crippen molar-refractivity contribution in [3.63, 3.8) is 0 Å². The van der Waals surface area contributed by atoms with Crippen molar-refractivity contribution in [1.29, 1.82) is 0 Å². The Labute approximate surface area is 116 Å². The number of carbonyl (C=O) groups is 1. The molecule has 6 heteroatoms. The smallest absolute Gasteiger partial charge is 0.253 e. The van der Waals surface area contributed by atoms with E-state index in [2.05, 4.69) is 5.32 Å². The van der Waals surface area contributed by atoms with Gasteiger partial charge in [0.05, 0.1) is 15.7 Å². The number of aliphatic hydroxyl groups is 1. The van der Waals surface area contributed by atoms with E-state index in [1.54, 1.807) is 0 Å². The van der Waals surface area contributed by atoms with Crippen LogP contribution in [0, 0.1) is 0 Å². The van der Waals surface area contributed by atoms with Crippen LogP contribution in [-0.2, 0) is 4.79 Å². The monoisotopic (exact) mass is 290 g/mol. The number of amides is 1. The van der Waals surface area contributed by atoms with E-state index in [0.29, 0.717) is 5.56 Å². The molecule has 0 spiro atoms. The maximum atomic E-state index is 11.8. The van der Waals surface area contributed by atoms with Crippen LogP contribution in [0.25, 0.3) is 0 Å². The number of aliphatic hydroxyl groups excluding tert-OH is 1. The zero-order chi connectivity index (χ0) is 14.1. The fraction of sp³-hybridized carbons (Fsp3) is 0.417. The number of rotatable bonds is 2. The van der Waals surface area contributed by atoms with E-state index in [1.165, 1.54) is 12.1 Å². The minimum absolute atomic E-state index is 0.208. The highest BCUT2D eigenvalue weighted by Gasteiger charge is 2.23. The van der Waals surface area contributed by atoms with Gasteiger partial charge in [-0.05, 0) is 38.5 Å². The SMILES string of the molecule is CC(C)(C)NC(=O)C(O)c1cc(Cl)c(N)c(Cl)c1. The summed E-state index contributed by atoms with van der Waals surface area (Å²) in [6, 6.07) is 2.85. The molecular weight excluding hydrogens is 275 g/mol. The summed E-state index contributed by atoms with van der Waals surface area (Å²) in [7, 11) is 0. The summed E-state index contributed by atoms with van der Waals surface area (Å²) in [5, 5.41) is 13.0. The highest BCUT2D eigenvalue weighted by molar-refractivity contribution is 6.38. The number of halogens is 2. The molecule has 4 N–H and O–H groups in total. The molecule has 4 nitrogen and oxygen atoms in total. The van der Waals surface area contributed by atoms with Gasteiger partial charge in [0, 0.05) is 5.54 Å². The molecule has 100 valence electrons. The second kappa shape index (κ2) is 5.34. The van der Waals surface area contributed by atoms with Gasteiger partial charge < -0.3 is 16.2 Å². The van der Waals surface area contributed by atoms with Crippen molar-refractivity contribution in [2.45, 2.75) is 32.4 Å². The van der Waals surface area contributed by atoms with Gasteiger partial charge in [0.15, 0.2) is 6.10 Å². The second-order valence-electron chi connectivity index (χ2n) is 5.04. The lowest BCUT2D eigenvalue weighted by molar-refractivity contribution is -0.131. The lowest BCUT2D eigenvalue weighted by atomic mass is 10.1. The van der Waals surface area contributed by atoms with Gasteiger partial charge in [-0.2, -0.15) is 0 Å². The van der Waals surface area contributed by atoms with Crippen molar-refractivity contribution < 1.29 is 9.90 Å². The second-order valence-corrected chi connectivity index (χ2v) is 5.85. The molecule has 0 aliphatic rings. The van der Waals surface area contributed by atoms with Crippen LogP contribution in [0.3, 0.4) is 0 Å². The quantitative estimate of drug-likeness (QED) is 0.733. The number of carbonyl (C=O) groups excluding carboxylic acids is 1. The van der Waals surface area contributed by atoms with Crippen molar-refractivity contribution in [3.8, 4) is 0 Å². The molecular formula is C12H16Cl2N2O2. The first-order valence-electron chi connectivity index (χ1n) is 5.36. The highest BCUT2D eigenvalue weighted by Crippen LogP contribution is 2.31. The van der Waals surface area contributed by atoms with Crippen LogP contribution >= 0.6 is 23.2 Å². The summed E-state index contributed by atoms with van der Waals surface area (Å²) in [6.07, 6.45) is -1.33. The summed E-state index contributed by atoms with van der Waals surface area (Å²) in [4.78, 5) is 11.8. The van der Waals surface area contributed by atoms with Gasteiger partial charge >= 0.3 is 0 Å². The van der Waals surface area contributed by atoms with Crippen LogP contribution in [0.1, 0.15) is 32.4 Å². The summed E-state index contributed by atoms with van der Waals surface area (Å²) < 4.78 is 0. The predicted octanol–water partition coefficient (Wildman–Crippen LogP) is 2.52. The van der Waals surface area contributed by atoms with Crippen LogP contribution in [0.4, 0.5) is 5.69 Å². The van der Waals surface area contributed by atoms with Gasteiger partial charge in [0.1, 0.15) is 0 Å². The maximum Gasteiger partial charge on any atom is 0.253 e. The molecule has 0 aliphatic heterocycles. The number of hydrogen-bond donors (Lipinski definition) is 3. The largest absolute Gasteiger partial charge is 0.396 e. The predicted molar refractivity (Wildman–Crippen MR) is 73.7 cm³/mol. The molecule has 0 bridgehead atoms. The van der Waals surface area contributed by atoms with Gasteiger partial charge in [0.25, 0.3) is 5.91 Å². The lowest BCUT2D eigenvalue weighted by Gasteiger charge is -2.23. The number of nitrogens with one attached hydrogen (secondary N) is 1. The van der Waals surface area contributed by atoms with Crippen molar-refractivity contribution >= 4 is 34.8 Å². The molecule has 0 saturated carbocycles. The Morgan fingerprint density at radius 2 is 1.78 bits per heavy atom. The molecule has 0 saturated heterocycles. The number of nitrogen functional groups attached to an aromatic ring is 1. The van der Waals surface area contributed by atoms with E-state index in [-0.39, 0.29) is 15.7 Å². The fourth-order valence-corrected chi connectivity index (χ4v) is 1.86.